The average Bonchev–Trinajstić information content (AvgIpc) is 3.57. The maximum Gasteiger partial charge on any atom is 0.269 e. The van der Waals surface area contributed by atoms with Crippen molar-refractivity contribution in [3.05, 3.63) is 53.6 Å². The number of fused-ring (bicyclic) bond motifs is 1. The number of carbonyl (C=O) groups is 2. The molecule has 2 saturated carbocycles. The van der Waals surface area contributed by atoms with Crippen molar-refractivity contribution in [3.63, 3.8) is 0 Å². The minimum Gasteiger partial charge on any atom is -0.382 e. The van der Waals surface area contributed by atoms with Gasteiger partial charge in [-0.05, 0) is 68.1 Å². The van der Waals surface area contributed by atoms with Gasteiger partial charge in [0.25, 0.3) is 21.8 Å². The number of benzene rings is 2. The summed E-state index contributed by atoms with van der Waals surface area (Å²) in [5, 5.41) is 6.34. The Labute approximate surface area is 181 Å². The third-order valence-electron chi connectivity index (χ3n) is 6.21. The third kappa shape index (κ3) is 3.80. The van der Waals surface area contributed by atoms with Crippen molar-refractivity contribution in [3.8, 4) is 0 Å². The molecule has 2 N–H and O–H groups in total. The maximum atomic E-state index is 12.8. The zero-order valence-corrected chi connectivity index (χ0v) is 18.0. The molecule has 1 aliphatic heterocycles. The van der Waals surface area contributed by atoms with Gasteiger partial charge in [-0.15, -0.1) is 0 Å². The summed E-state index contributed by atoms with van der Waals surface area (Å²) >= 11 is 0. The lowest BCUT2D eigenvalue weighted by molar-refractivity contribution is 0.0864. The van der Waals surface area contributed by atoms with Gasteiger partial charge in [-0.3, -0.25) is 9.59 Å². The monoisotopic (exact) mass is 439 g/mol. The Bertz CT molecular complexity index is 1130. The summed E-state index contributed by atoms with van der Waals surface area (Å²) in [5.74, 6) is -0.908. The molecule has 3 aliphatic rings. The number of hydrogen-bond acceptors (Lipinski definition) is 5. The lowest BCUT2D eigenvalue weighted by Gasteiger charge is -2.23. The molecule has 8 heteroatoms. The van der Waals surface area contributed by atoms with Crippen molar-refractivity contribution >= 4 is 33.2 Å². The molecular formula is C23H25N3O4S. The van der Waals surface area contributed by atoms with Crippen molar-refractivity contribution in [1.29, 1.82) is 0 Å². The van der Waals surface area contributed by atoms with E-state index >= 15 is 0 Å². The fraction of sp³-hybridized carbons (Fsp3) is 0.391. The van der Waals surface area contributed by atoms with Crippen LogP contribution in [0.2, 0.25) is 0 Å². The van der Waals surface area contributed by atoms with E-state index < -0.39 is 21.8 Å². The molecule has 2 aliphatic carbocycles. The molecule has 2 amide bonds. The van der Waals surface area contributed by atoms with Crippen molar-refractivity contribution < 1.29 is 18.0 Å². The van der Waals surface area contributed by atoms with Crippen molar-refractivity contribution in [2.75, 3.05) is 10.6 Å². The van der Waals surface area contributed by atoms with Crippen LogP contribution in [-0.2, 0) is 10.0 Å². The highest BCUT2D eigenvalue weighted by molar-refractivity contribution is 7.90. The molecule has 0 aromatic heterocycles. The molecule has 7 nitrogen and oxygen atoms in total. The zero-order valence-electron chi connectivity index (χ0n) is 17.1. The van der Waals surface area contributed by atoms with Gasteiger partial charge in [-0.25, -0.2) is 12.7 Å². The summed E-state index contributed by atoms with van der Waals surface area (Å²) in [6.45, 7) is 0. The van der Waals surface area contributed by atoms with Gasteiger partial charge in [0.2, 0.25) is 0 Å². The summed E-state index contributed by atoms with van der Waals surface area (Å²) in [7, 11) is -3.89. The normalized spacial score (nSPS) is 20.4. The standard InChI is InChI=1S/C23H25N3O4S/c27-22(25-18-9-7-17(8-10-18)24-16-4-2-1-3-5-16)15-6-13-20-21(14-15)31(29,30)26(23(20)28)19-11-12-19/h6-10,13-14,16,19,24H,1-5,11-12H2,(H,25,27). The molecule has 0 spiro atoms. The molecule has 162 valence electrons. The number of nitrogens with one attached hydrogen (secondary N) is 2. The summed E-state index contributed by atoms with van der Waals surface area (Å²) < 4.78 is 26.5. The predicted molar refractivity (Wildman–Crippen MR) is 118 cm³/mol. The first-order chi connectivity index (χ1) is 14.9. The molecular weight excluding hydrogens is 414 g/mol. The molecule has 0 radical (unpaired) electrons. The SMILES string of the molecule is O=C(Nc1ccc(NC2CCCCC2)cc1)c1ccc2c(c1)S(=O)(=O)N(C1CC1)C2=O. The fourth-order valence-electron chi connectivity index (χ4n) is 4.39. The van der Waals surface area contributed by atoms with Gasteiger partial charge in [0.15, 0.2) is 0 Å². The number of rotatable bonds is 5. The summed E-state index contributed by atoms with van der Waals surface area (Å²) in [6.07, 6.45) is 7.56. The Morgan fingerprint density at radius 2 is 1.58 bits per heavy atom. The second-order valence-electron chi connectivity index (χ2n) is 8.56. The van der Waals surface area contributed by atoms with Crippen LogP contribution in [0.1, 0.15) is 65.7 Å². The Morgan fingerprint density at radius 1 is 0.903 bits per heavy atom. The molecule has 0 bridgehead atoms. The highest BCUT2D eigenvalue weighted by atomic mass is 32.2. The summed E-state index contributed by atoms with van der Waals surface area (Å²) in [5.41, 5.74) is 1.99. The van der Waals surface area contributed by atoms with Gasteiger partial charge < -0.3 is 10.6 Å². The van der Waals surface area contributed by atoms with E-state index in [0.717, 1.165) is 9.99 Å². The van der Waals surface area contributed by atoms with Gasteiger partial charge in [0.1, 0.15) is 4.90 Å². The van der Waals surface area contributed by atoms with Gasteiger partial charge in [-0.2, -0.15) is 0 Å². The van der Waals surface area contributed by atoms with Crippen molar-refractivity contribution in [1.82, 2.24) is 4.31 Å². The second kappa shape index (κ2) is 7.67. The molecule has 1 heterocycles. The smallest absolute Gasteiger partial charge is 0.269 e. The van der Waals surface area contributed by atoms with Gasteiger partial charge >= 0.3 is 0 Å². The highest BCUT2D eigenvalue weighted by Crippen LogP contribution is 2.39. The van der Waals surface area contributed by atoms with Gasteiger partial charge in [0.05, 0.1) is 5.56 Å². The molecule has 0 unspecified atom stereocenters. The van der Waals surface area contributed by atoms with Gasteiger partial charge in [-0.1, -0.05) is 19.3 Å². The quantitative estimate of drug-likeness (QED) is 0.734. The second-order valence-corrected chi connectivity index (χ2v) is 10.3. The molecule has 2 fully saturated rings. The fourth-order valence-corrected chi connectivity index (χ4v) is 6.24. The average molecular weight is 440 g/mol. The van der Waals surface area contributed by atoms with Crippen LogP contribution in [-0.4, -0.2) is 36.6 Å². The number of anilines is 2. The Balaban J connectivity index is 1.29. The van der Waals surface area contributed by atoms with E-state index in [9.17, 15) is 18.0 Å². The van der Waals surface area contributed by atoms with E-state index in [1.807, 2.05) is 24.3 Å². The molecule has 0 atom stereocenters. The molecule has 2 aromatic rings. The number of amides is 2. The van der Waals surface area contributed by atoms with E-state index in [4.69, 9.17) is 0 Å². The van der Waals surface area contributed by atoms with Crippen LogP contribution in [0.5, 0.6) is 0 Å². The number of nitrogens with zero attached hydrogens (tertiary/aromatic N) is 1. The Kier molecular flexibility index (Phi) is 4.97. The first-order valence-corrected chi connectivity index (χ1v) is 12.3. The van der Waals surface area contributed by atoms with E-state index in [1.54, 1.807) is 0 Å². The minimum absolute atomic E-state index is 0.0796. The zero-order chi connectivity index (χ0) is 21.6. The molecule has 31 heavy (non-hydrogen) atoms. The van der Waals surface area contributed by atoms with Crippen LogP contribution in [0.15, 0.2) is 47.4 Å². The van der Waals surface area contributed by atoms with E-state index in [1.165, 1.54) is 50.3 Å². The lowest BCUT2D eigenvalue weighted by atomic mass is 9.95. The van der Waals surface area contributed by atoms with Crippen molar-refractivity contribution in [2.24, 2.45) is 0 Å². The van der Waals surface area contributed by atoms with Crippen LogP contribution < -0.4 is 10.6 Å². The number of carbonyl (C=O) groups excluding carboxylic acids is 2. The highest BCUT2D eigenvalue weighted by Gasteiger charge is 2.48. The van der Waals surface area contributed by atoms with E-state index in [-0.39, 0.29) is 22.1 Å². The largest absolute Gasteiger partial charge is 0.382 e. The first-order valence-electron chi connectivity index (χ1n) is 10.8. The molecule has 2 aromatic carbocycles. The van der Waals surface area contributed by atoms with Gasteiger partial charge in [0, 0.05) is 29.0 Å². The van der Waals surface area contributed by atoms with E-state index in [2.05, 4.69) is 10.6 Å². The molecule has 0 saturated heterocycles. The van der Waals surface area contributed by atoms with Crippen molar-refractivity contribution in [2.45, 2.75) is 61.9 Å². The molecule has 5 rings (SSSR count). The third-order valence-corrected chi connectivity index (χ3v) is 8.08. The summed E-state index contributed by atoms with van der Waals surface area (Å²) in [4.78, 5) is 25.1. The summed E-state index contributed by atoms with van der Waals surface area (Å²) in [6, 6.07) is 12.0. The van der Waals surface area contributed by atoms with Crippen LogP contribution in [0, 0.1) is 0 Å². The Hall–Kier alpha value is -2.87. The number of hydrogen-bond donors (Lipinski definition) is 2. The lowest BCUT2D eigenvalue weighted by Crippen LogP contribution is -2.31. The Morgan fingerprint density at radius 3 is 2.26 bits per heavy atom. The minimum atomic E-state index is -3.89. The van der Waals surface area contributed by atoms with Crippen LogP contribution >= 0.6 is 0 Å². The van der Waals surface area contributed by atoms with Crippen LogP contribution in [0.25, 0.3) is 0 Å². The van der Waals surface area contributed by atoms with E-state index in [0.29, 0.717) is 24.6 Å². The predicted octanol–water partition coefficient (Wildman–Crippen LogP) is 3.99. The number of sulfonamides is 1. The topological polar surface area (TPSA) is 95.6 Å². The van der Waals surface area contributed by atoms with Crippen LogP contribution in [0.4, 0.5) is 11.4 Å². The van der Waals surface area contributed by atoms with Crippen LogP contribution in [0.3, 0.4) is 0 Å². The maximum absolute atomic E-state index is 12.8. The first kappa shape index (κ1) is 20.1.